The van der Waals surface area contributed by atoms with E-state index < -0.39 is 11.6 Å². The average molecular weight is 530 g/mol. The predicted molar refractivity (Wildman–Crippen MR) is 138 cm³/mol. The summed E-state index contributed by atoms with van der Waals surface area (Å²) >= 11 is 0. The van der Waals surface area contributed by atoms with Gasteiger partial charge in [-0.2, -0.15) is 4.98 Å². The van der Waals surface area contributed by atoms with Crippen molar-refractivity contribution >= 4 is 34.7 Å². The number of carbonyl (C=O) groups is 2. The molecule has 4 rings (SSSR count). The Labute approximate surface area is 220 Å². The van der Waals surface area contributed by atoms with Crippen molar-refractivity contribution in [1.82, 2.24) is 9.88 Å². The number of hydrogen-bond acceptors (Lipinski definition) is 7. The van der Waals surface area contributed by atoms with E-state index in [1.54, 1.807) is 31.0 Å². The molecule has 0 spiro atoms. The quantitative estimate of drug-likeness (QED) is 0.376. The molecule has 38 heavy (non-hydrogen) atoms. The number of aryl methyl sites for hydroxylation is 1. The second-order valence-electron chi connectivity index (χ2n) is 9.85. The first-order valence-electron chi connectivity index (χ1n) is 12.7. The van der Waals surface area contributed by atoms with Gasteiger partial charge in [-0.05, 0) is 63.3 Å². The van der Waals surface area contributed by atoms with E-state index in [0.29, 0.717) is 12.3 Å². The zero-order chi connectivity index (χ0) is 27.4. The molecule has 0 radical (unpaired) electrons. The van der Waals surface area contributed by atoms with E-state index in [9.17, 15) is 14.0 Å². The zero-order valence-corrected chi connectivity index (χ0v) is 22.1. The number of oxazole rings is 1. The highest BCUT2D eigenvalue weighted by molar-refractivity contribution is 5.82. The Morgan fingerprint density at radius 2 is 1.92 bits per heavy atom. The van der Waals surface area contributed by atoms with Crippen LogP contribution in [-0.4, -0.2) is 54.7 Å². The highest BCUT2D eigenvalue weighted by Crippen LogP contribution is 2.29. The SMILES string of the molecule is COC(=O)C1CCC(OC[C@H](C)N(C)C(=O)Cc2ccc3nc(Nc4cc(F)ccc4C)oc3c2F)CC1. The van der Waals surface area contributed by atoms with Gasteiger partial charge in [0.05, 0.1) is 38.2 Å². The summed E-state index contributed by atoms with van der Waals surface area (Å²) in [7, 11) is 3.07. The molecule has 1 atom stereocenters. The highest BCUT2D eigenvalue weighted by Gasteiger charge is 2.28. The molecule has 1 aliphatic rings. The van der Waals surface area contributed by atoms with Crippen LogP contribution >= 0.6 is 0 Å². The lowest BCUT2D eigenvalue weighted by Gasteiger charge is -2.30. The number of esters is 1. The number of aromatic nitrogens is 1. The van der Waals surface area contributed by atoms with E-state index in [4.69, 9.17) is 13.9 Å². The smallest absolute Gasteiger partial charge is 0.308 e. The minimum Gasteiger partial charge on any atom is -0.469 e. The third kappa shape index (κ3) is 6.30. The summed E-state index contributed by atoms with van der Waals surface area (Å²) in [5.41, 5.74) is 1.63. The summed E-state index contributed by atoms with van der Waals surface area (Å²) in [5.74, 6) is -1.59. The summed E-state index contributed by atoms with van der Waals surface area (Å²) in [5, 5.41) is 2.88. The molecule has 1 fully saturated rings. The molecule has 3 aromatic rings. The first-order valence-corrected chi connectivity index (χ1v) is 12.7. The van der Waals surface area contributed by atoms with Crippen LogP contribution in [0.25, 0.3) is 11.1 Å². The van der Waals surface area contributed by atoms with Crippen molar-refractivity contribution in [2.75, 3.05) is 26.1 Å². The number of amides is 1. The molecule has 1 amide bonds. The minimum atomic E-state index is -0.660. The van der Waals surface area contributed by atoms with Gasteiger partial charge in [0, 0.05) is 18.3 Å². The molecule has 10 heteroatoms. The molecule has 204 valence electrons. The van der Waals surface area contributed by atoms with Gasteiger partial charge in [-0.15, -0.1) is 0 Å². The van der Waals surface area contributed by atoms with Crippen molar-refractivity contribution in [1.29, 1.82) is 0 Å². The Morgan fingerprint density at radius 1 is 1.18 bits per heavy atom. The number of fused-ring (bicyclic) bond motifs is 1. The van der Waals surface area contributed by atoms with Crippen molar-refractivity contribution in [3.8, 4) is 0 Å². The number of likely N-dealkylation sites (N-methyl/N-ethyl adjacent to an activating group) is 1. The second kappa shape index (κ2) is 11.9. The van der Waals surface area contributed by atoms with Gasteiger partial charge in [-0.1, -0.05) is 12.1 Å². The van der Waals surface area contributed by atoms with E-state index in [1.807, 2.05) is 6.92 Å². The Morgan fingerprint density at radius 3 is 2.63 bits per heavy atom. The number of carbonyl (C=O) groups excluding carboxylic acids is 2. The fraction of sp³-hybridized carbons (Fsp3) is 0.464. The van der Waals surface area contributed by atoms with Crippen LogP contribution in [0, 0.1) is 24.5 Å². The Balaban J connectivity index is 1.34. The summed E-state index contributed by atoms with van der Waals surface area (Å²) in [6, 6.07) is 7.18. The molecule has 8 nitrogen and oxygen atoms in total. The molecule has 0 saturated heterocycles. The molecule has 0 unspecified atom stereocenters. The minimum absolute atomic E-state index is 0.0274. The summed E-state index contributed by atoms with van der Waals surface area (Å²) in [4.78, 5) is 30.4. The molecule has 0 aliphatic heterocycles. The Hall–Kier alpha value is -3.53. The van der Waals surface area contributed by atoms with Gasteiger partial charge >= 0.3 is 5.97 Å². The van der Waals surface area contributed by atoms with E-state index in [-0.39, 0.29) is 59.0 Å². The number of benzene rings is 2. The molecule has 0 bridgehead atoms. The van der Waals surface area contributed by atoms with E-state index in [1.165, 1.54) is 25.3 Å². The first kappa shape index (κ1) is 27.5. The number of halogens is 2. The molecule has 1 aliphatic carbocycles. The van der Waals surface area contributed by atoms with Crippen LogP contribution < -0.4 is 5.32 Å². The first-order chi connectivity index (χ1) is 18.2. The molecule has 1 saturated carbocycles. The van der Waals surface area contributed by atoms with Crippen molar-refractivity contribution in [2.45, 2.75) is 58.1 Å². The fourth-order valence-electron chi connectivity index (χ4n) is 4.59. The van der Waals surface area contributed by atoms with Crippen LogP contribution in [0.4, 0.5) is 20.5 Å². The van der Waals surface area contributed by atoms with Crippen LogP contribution in [0.5, 0.6) is 0 Å². The number of anilines is 2. The second-order valence-corrected chi connectivity index (χ2v) is 9.85. The van der Waals surface area contributed by atoms with Crippen LogP contribution in [0.3, 0.4) is 0 Å². The van der Waals surface area contributed by atoms with Crippen LogP contribution in [0.15, 0.2) is 34.7 Å². The molecule has 1 aromatic heterocycles. The summed E-state index contributed by atoms with van der Waals surface area (Å²) in [6.45, 7) is 4.02. The maximum Gasteiger partial charge on any atom is 0.308 e. The zero-order valence-electron chi connectivity index (χ0n) is 22.1. The van der Waals surface area contributed by atoms with Crippen molar-refractivity contribution in [2.24, 2.45) is 5.92 Å². The maximum atomic E-state index is 15.2. The average Bonchev–Trinajstić information content (AvgIpc) is 3.33. The topological polar surface area (TPSA) is 93.9 Å². The van der Waals surface area contributed by atoms with E-state index in [2.05, 4.69) is 10.3 Å². The lowest BCUT2D eigenvalue weighted by Crippen LogP contribution is -2.40. The number of nitrogens with zero attached hydrogens (tertiary/aromatic N) is 2. The molecular formula is C28H33F2N3O5. The van der Waals surface area contributed by atoms with E-state index in [0.717, 1.165) is 31.2 Å². The molecule has 2 aromatic carbocycles. The number of rotatable bonds is 9. The third-order valence-electron chi connectivity index (χ3n) is 7.20. The van der Waals surface area contributed by atoms with Crippen molar-refractivity contribution < 1.29 is 32.3 Å². The predicted octanol–water partition coefficient (Wildman–Crippen LogP) is 5.30. The molecule has 1 heterocycles. The van der Waals surface area contributed by atoms with E-state index >= 15 is 4.39 Å². The van der Waals surface area contributed by atoms with Gasteiger partial charge in [0.1, 0.15) is 11.3 Å². The molecular weight excluding hydrogens is 496 g/mol. The molecule has 1 N–H and O–H groups in total. The van der Waals surface area contributed by atoms with Gasteiger partial charge in [-0.3, -0.25) is 9.59 Å². The van der Waals surface area contributed by atoms with Crippen LogP contribution in [0.1, 0.15) is 43.7 Å². The summed E-state index contributed by atoms with van der Waals surface area (Å²) in [6.07, 6.45) is 2.86. The largest absolute Gasteiger partial charge is 0.469 e. The van der Waals surface area contributed by atoms with Gasteiger partial charge in [0.15, 0.2) is 11.4 Å². The Kier molecular flexibility index (Phi) is 8.61. The normalized spacial score (nSPS) is 18.3. The van der Waals surface area contributed by atoms with Crippen molar-refractivity contribution in [3.63, 3.8) is 0 Å². The lowest BCUT2D eigenvalue weighted by molar-refractivity contribution is -0.148. The van der Waals surface area contributed by atoms with Gasteiger partial charge in [0.25, 0.3) is 6.01 Å². The Bertz CT molecular complexity index is 1300. The fourth-order valence-corrected chi connectivity index (χ4v) is 4.59. The third-order valence-corrected chi connectivity index (χ3v) is 7.20. The maximum absolute atomic E-state index is 15.2. The lowest BCUT2D eigenvalue weighted by atomic mass is 9.87. The number of hydrogen-bond donors (Lipinski definition) is 1. The van der Waals surface area contributed by atoms with Crippen LogP contribution in [-0.2, 0) is 25.5 Å². The van der Waals surface area contributed by atoms with Crippen molar-refractivity contribution in [3.05, 3.63) is 53.1 Å². The van der Waals surface area contributed by atoms with Crippen LogP contribution in [0.2, 0.25) is 0 Å². The monoisotopic (exact) mass is 529 g/mol. The summed E-state index contributed by atoms with van der Waals surface area (Å²) < 4.78 is 45.2. The highest BCUT2D eigenvalue weighted by atomic mass is 19.1. The van der Waals surface area contributed by atoms with Gasteiger partial charge < -0.3 is 24.1 Å². The standard InChI is InChI=1S/C28H33F2N3O5/c1-16-5-9-20(29)14-23(16)32-28-31-22-12-8-19(25(30)26(22)38-28)13-24(34)33(3)17(2)15-37-21-10-6-18(7-11-21)27(35)36-4/h5,8-9,12,14,17-18,21H,6-7,10-11,13,15H2,1-4H3,(H,31,32)/t17-,18?,21?/m0/s1. The van der Waals surface area contributed by atoms with Gasteiger partial charge in [0.2, 0.25) is 5.91 Å². The number of nitrogens with one attached hydrogen (secondary N) is 1. The number of methoxy groups -OCH3 is 1. The van der Waals surface area contributed by atoms with Gasteiger partial charge in [-0.25, -0.2) is 8.78 Å². The number of ether oxygens (including phenoxy) is 2.